The minimum Gasteiger partial charge on any atom is -0.466 e. The minimum absolute atomic E-state index is 0.0796. The van der Waals surface area contributed by atoms with Crippen molar-refractivity contribution >= 4 is 5.97 Å². The van der Waals surface area contributed by atoms with Crippen LogP contribution >= 0.6 is 0 Å². The van der Waals surface area contributed by atoms with Gasteiger partial charge >= 0.3 is 12.3 Å². The van der Waals surface area contributed by atoms with Gasteiger partial charge in [-0.15, -0.1) is 13.2 Å². The molecule has 0 bridgehead atoms. The molecular weight excluding hydrogens is 249 g/mol. The molecule has 1 aromatic rings. The first-order valence-electron chi connectivity index (χ1n) is 5.32. The van der Waals surface area contributed by atoms with Gasteiger partial charge in [-0.05, 0) is 37.1 Å². The molecule has 0 aromatic heterocycles. The van der Waals surface area contributed by atoms with E-state index in [0.29, 0.717) is 11.1 Å². The summed E-state index contributed by atoms with van der Waals surface area (Å²) in [6.45, 7) is 3.51. The van der Waals surface area contributed by atoms with Crippen LogP contribution in [0.15, 0.2) is 18.2 Å². The van der Waals surface area contributed by atoms with E-state index in [9.17, 15) is 18.0 Å². The van der Waals surface area contributed by atoms with Gasteiger partial charge in [-0.1, -0.05) is 6.07 Å². The van der Waals surface area contributed by atoms with Crippen molar-refractivity contribution < 1.29 is 27.4 Å². The second-order valence-corrected chi connectivity index (χ2v) is 3.68. The number of hydrogen-bond acceptors (Lipinski definition) is 3. The summed E-state index contributed by atoms with van der Waals surface area (Å²) >= 11 is 0. The number of alkyl halides is 3. The van der Waals surface area contributed by atoms with Crippen LogP contribution in [0.4, 0.5) is 13.2 Å². The summed E-state index contributed by atoms with van der Waals surface area (Å²) in [7, 11) is 0. The van der Waals surface area contributed by atoms with Crippen LogP contribution in [0.5, 0.6) is 5.75 Å². The van der Waals surface area contributed by atoms with Gasteiger partial charge in [0.25, 0.3) is 0 Å². The number of aryl methyl sites for hydroxylation is 1. The molecule has 0 saturated carbocycles. The van der Waals surface area contributed by atoms with Crippen molar-refractivity contribution in [2.75, 3.05) is 6.61 Å². The third-order valence-electron chi connectivity index (χ3n) is 2.00. The van der Waals surface area contributed by atoms with E-state index < -0.39 is 12.3 Å². The smallest absolute Gasteiger partial charge is 0.466 e. The fourth-order valence-corrected chi connectivity index (χ4v) is 1.50. The van der Waals surface area contributed by atoms with Crippen molar-refractivity contribution in [3.63, 3.8) is 0 Å². The van der Waals surface area contributed by atoms with E-state index in [-0.39, 0.29) is 18.8 Å². The minimum atomic E-state index is -4.74. The van der Waals surface area contributed by atoms with Crippen molar-refractivity contribution in [3.8, 4) is 5.75 Å². The van der Waals surface area contributed by atoms with Crippen LogP contribution in [-0.4, -0.2) is 18.9 Å². The first-order valence-corrected chi connectivity index (χ1v) is 5.32. The highest BCUT2D eigenvalue weighted by Gasteiger charge is 2.31. The first-order chi connectivity index (χ1) is 8.30. The summed E-state index contributed by atoms with van der Waals surface area (Å²) in [5.41, 5.74) is 1.00. The molecule has 3 nitrogen and oxygen atoms in total. The molecule has 1 aromatic carbocycles. The molecule has 0 aliphatic heterocycles. The number of halogens is 3. The lowest BCUT2D eigenvalue weighted by Gasteiger charge is -2.11. The van der Waals surface area contributed by atoms with E-state index in [1.165, 1.54) is 12.1 Å². The van der Waals surface area contributed by atoms with Gasteiger partial charge in [0, 0.05) is 0 Å². The molecule has 0 unspecified atom stereocenters. The predicted octanol–water partition coefficient (Wildman–Crippen LogP) is 3.00. The summed E-state index contributed by atoms with van der Waals surface area (Å²) in [5.74, 6) is -0.817. The Morgan fingerprint density at radius 3 is 2.50 bits per heavy atom. The number of carbonyl (C=O) groups excluding carboxylic acids is 1. The Kier molecular flexibility index (Phi) is 4.58. The fraction of sp³-hybridized carbons (Fsp3) is 0.417. The Labute approximate surface area is 103 Å². The Hall–Kier alpha value is -1.72. The van der Waals surface area contributed by atoms with Gasteiger partial charge in [0.05, 0.1) is 13.0 Å². The number of hydrogen-bond donors (Lipinski definition) is 0. The standard InChI is InChI=1S/C12H13F3O3/c1-3-17-11(16)7-9-4-8(2)5-10(6-9)18-12(13,14)15/h4-6H,3,7H2,1-2H3. The molecular formula is C12H13F3O3. The van der Waals surface area contributed by atoms with E-state index in [1.807, 2.05) is 0 Å². The summed E-state index contributed by atoms with van der Waals surface area (Å²) < 4.78 is 44.8. The van der Waals surface area contributed by atoms with Crippen LogP contribution in [-0.2, 0) is 16.0 Å². The summed E-state index contributed by atoms with van der Waals surface area (Å²) in [6, 6.07) is 4.04. The molecule has 0 saturated heterocycles. The molecule has 0 radical (unpaired) electrons. The van der Waals surface area contributed by atoms with Gasteiger partial charge in [-0.3, -0.25) is 4.79 Å². The van der Waals surface area contributed by atoms with Crippen LogP contribution in [0.3, 0.4) is 0 Å². The van der Waals surface area contributed by atoms with Crippen molar-refractivity contribution in [1.29, 1.82) is 0 Å². The van der Waals surface area contributed by atoms with Gasteiger partial charge in [-0.25, -0.2) is 0 Å². The van der Waals surface area contributed by atoms with Gasteiger partial charge in [0.2, 0.25) is 0 Å². The van der Waals surface area contributed by atoms with Crippen LogP contribution in [0.25, 0.3) is 0 Å². The molecule has 0 fully saturated rings. The predicted molar refractivity (Wildman–Crippen MR) is 58.2 cm³/mol. The van der Waals surface area contributed by atoms with Crippen LogP contribution in [0.1, 0.15) is 18.1 Å². The van der Waals surface area contributed by atoms with E-state index >= 15 is 0 Å². The molecule has 0 aliphatic carbocycles. The summed E-state index contributed by atoms with van der Waals surface area (Å²) in [6.07, 6.45) is -4.82. The molecule has 18 heavy (non-hydrogen) atoms. The third-order valence-corrected chi connectivity index (χ3v) is 2.00. The number of esters is 1. The highest BCUT2D eigenvalue weighted by molar-refractivity contribution is 5.72. The van der Waals surface area contributed by atoms with Crippen molar-refractivity contribution in [2.45, 2.75) is 26.6 Å². The molecule has 0 spiro atoms. The van der Waals surface area contributed by atoms with Crippen LogP contribution in [0, 0.1) is 6.92 Å². The first kappa shape index (κ1) is 14.3. The van der Waals surface area contributed by atoms with Crippen molar-refractivity contribution in [2.24, 2.45) is 0 Å². The summed E-state index contributed by atoms with van der Waals surface area (Å²) in [4.78, 5) is 11.2. The fourth-order valence-electron chi connectivity index (χ4n) is 1.50. The molecule has 100 valence electrons. The Morgan fingerprint density at radius 2 is 1.94 bits per heavy atom. The number of carbonyl (C=O) groups is 1. The molecule has 0 aliphatic rings. The van der Waals surface area contributed by atoms with E-state index in [1.54, 1.807) is 19.9 Å². The average Bonchev–Trinajstić information content (AvgIpc) is 2.13. The highest BCUT2D eigenvalue weighted by Crippen LogP contribution is 2.25. The van der Waals surface area contributed by atoms with Crippen LogP contribution in [0.2, 0.25) is 0 Å². The SMILES string of the molecule is CCOC(=O)Cc1cc(C)cc(OC(F)(F)F)c1. The quantitative estimate of drug-likeness (QED) is 0.782. The van der Waals surface area contributed by atoms with E-state index in [4.69, 9.17) is 4.74 Å². The van der Waals surface area contributed by atoms with Gasteiger partial charge in [0.15, 0.2) is 0 Å². The Balaban J connectivity index is 2.84. The second kappa shape index (κ2) is 5.75. The van der Waals surface area contributed by atoms with Crippen LogP contribution < -0.4 is 4.74 Å². The zero-order chi connectivity index (χ0) is 13.8. The van der Waals surface area contributed by atoms with E-state index in [2.05, 4.69) is 4.74 Å². The number of ether oxygens (including phenoxy) is 2. The van der Waals surface area contributed by atoms with Gasteiger partial charge in [-0.2, -0.15) is 0 Å². The molecule has 6 heteroatoms. The lowest BCUT2D eigenvalue weighted by atomic mass is 10.1. The lowest BCUT2D eigenvalue weighted by molar-refractivity contribution is -0.274. The normalized spacial score (nSPS) is 11.2. The third kappa shape index (κ3) is 5.07. The van der Waals surface area contributed by atoms with Gasteiger partial charge in [0.1, 0.15) is 5.75 Å². The number of benzene rings is 1. The topological polar surface area (TPSA) is 35.5 Å². The summed E-state index contributed by atoms with van der Waals surface area (Å²) in [5, 5.41) is 0. The lowest BCUT2D eigenvalue weighted by Crippen LogP contribution is -2.17. The molecule has 0 atom stereocenters. The average molecular weight is 262 g/mol. The molecule has 1 rings (SSSR count). The van der Waals surface area contributed by atoms with Crippen molar-refractivity contribution in [1.82, 2.24) is 0 Å². The monoisotopic (exact) mass is 262 g/mol. The van der Waals surface area contributed by atoms with Crippen molar-refractivity contribution in [3.05, 3.63) is 29.3 Å². The molecule has 0 amide bonds. The second-order valence-electron chi connectivity index (χ2n) is 3.68. The van der Waals surface area contributed by atoms with Gasteiger partial charge < -0.3 is 9.47 Å². The maximum Gasteiger partial charge on any atom is 0.573 e. The zero-order valence-corrected chi connectivity index (χ0v) is 10.0. The Morgan fingerprint density at radius 1 is 1.28 bits per heavy atom. The Bertz CT molecular complexity index is 427. The zero-order valence-electron chi connectivity index (χ0n) is 10.0. The number of rotatable bonds is 4. The maximum absolute atomic E-state index is 12.1. The highest BCUT2D eigenvalue weighted by atomic mass is 19.4. The largest absolute Gasteiger partial charge is 0.573 e. The molecule has 0 N–H and O–H groups in total. The maximum atomic E-state index is 12.1. The molecule has 0 heterocycles. The van der Waals surface area contributed by atoms with E-state index in [0.717, 1.165) is 0 Å².